The van der Waals surface area contributed by atoms with E-state index in [-0.39, 0.29) is 19.6 Å². The second-order valence-corrected chi connectivity index (χ2v) is 3.91. The maximum atomic E-state index is 11.5. The third-order valence-corrected chi connectivity index (χ3v) is 2.56. The minimum Gasteiger partial charge on any atom is -0.479 e. The summed E-state index contributed by atoms with van der Waals surface area (Å²) in [4.78, 5) is 33.3. The number of ether oxygens (including phenoxy) is 1. The highest BCUT2D eigenvalue weighted by Crippen LogP contribution is 2.18. The smallest absolute Gasteiger partial charge is 0.332 e. The summed E-state index contributed by atoms with van der Waals surface area (Å²) in [5, 5.41) is 13.6. The molecule has 1 fully saturated rings. The molecule has 1 aliphatic heterocycles. The lowest BCUT2D eigenvalue weighted by Crippen LogP contribution is -2.59. The van der Waals surface area contributed by atoms with E-state index in [4.69, 9.17) is 15.6 Å². The average Bonchev–Trinajstić information content (AvgIpc) is 2.67. The largest absolute Gasteiger partial charge is 0.479 e. The molecule has 8 heteroatoms. The third kappa shape index (κ3) is 3.06. The summed E-state index contributed by atoms with van der Waals surface area (Å²) in [5.74, 6) is -1.87. The normalized spacial score (nSPS) is 25.0. The molecule has 0 aliphatic carbocycles. The van der Waals surface area contributed by atoms with E-state index in [1.54, 1.807) is 0 Å². The quantitative estimate of drug-likeness (QED) is 0.474. The van der Waals surface area contributed by atoms with Crippen molar-refractivity contribution in [1.82, 2.24) is 10.6 Å². The number of hydrogen-bond donors (Lipinski definition) is 4. The van der Waals surface area contributed by atoms with E-state index in [1.807, 2.05) is 0 Å². The SMILES string of the molecule is CC(NC(=O)NC1(C(=O)O)CCOC1)C(N)=O. The van der Waals surface area contributed by atoms with Crippen LogP contribution in [0.15, 0.2) is 0 Å². The van der Waals surface area contributed by atoms with Crippen molar-refractivity contribution in [2.75, 3.05) is 13.2 Å². The highest BCUT2D eigenvalue weighted by atomic mass is 16.5. The minimum atomic E-state index is -1.43. The third-order valence-electron chi connectivity index (χ3n) is 2.56. The summed E-state index contributed by atoms with van der Waals surface area (Å²) in [7, 11) is 0. The first-order valence-electron chi connectivity index (χ1n) is 5.06. The molecule has 1 aliphatic rings. The molecule has 96 valence electrons. The van der Waals surface area contributed by atoms with Gasteiger partial charge in [-0.15, -0.1) is 0 Å². The van der Waals surface area contributed by atoms with Crippen LogP contribution >= 0.6 is 0 Å². The zero-order valence-electron chi connectivity index (χ0n) is 9.36. The topological polar surface area (TPSA) is 131 Å². The molecule has 0 saturated carbocycles. The molecule has 2 atom stereocenters. The Balaban J connectivity index is 2.60. The number of amides is 3. The number of urea groups is 1. The summed E-state index contributed by atoms with van der Waals surface area (Å²) in [6, 6.07) is -1.63. The van der Waals surface area contributed by atoms with Gasteiger partial charge in [0.15, 0.2) is 5.54 Å². The lowest BCUT2D eigenvalue weighted by atomic mass is 9.99. The van der Waals surface area contributed by atoms with Crippen molar-refractivity contribution >= 4 is 17.9 Å². The van der Waals surface area contributed by atoms with Crippen LogP contribution in [0.2, 0.25) is 0 Å². The van der Waals surface area contributed by atoms with Gasteiger partial charge in [0, 0.05) is 13.0 Å². The van der Waals surface area contributed by atoms with Gasteiger partial charge in [-0.2, -0.15) is 0 Å². The van der Waals surface area contributed by atoms with Crippen molar-refractivity contribution in [3.63, 3.8) is 0 Å². The Morgan fingerprint density at radius 2 is 2.12 bits per heavy atom. The van der Waals surface area contributed by atoms with Crippen molar-refractivity contribution < 1.29 is 24.2 Å². The highest BCUT2D eigenvalue weighted by Gasteiger charge is 2.44. The number of primary amides is 1. The Hall–Kier alpha value is -1.83. The molecule has 0 aromatic heterocycles. The van der Waals surface area contributed by atoms with Gasteiger partial charge in [0.1, 0.15) is 6.04 Å². The Labute approximate surface area is 97.5 Å². The summed E-state index contributed by atoms with van der Waals surface area (Å²) >= 11 is 0. The van der Waals surface area contributed by atoms with Gasteiger partial charge in [-0.25, -0.2) is 9.59 Å². The molecule has 0 bridgehead atoms. The molecule has 1 rings (SSSR count). The highest BCUT2D eigenvalue weighted by molar-refractivity contribution is 5.89. The Bertz CT molecular complexity index is 338. The van der Waals surface area contributed by atoms with Crippen LogP contribution in [-0.4, -0.2) is 47.8 Å². The fourth-order valence-electron chi connectivity index (χ4n) is 1.41. The van der Waals surface area contributed by atoms with E-state index < -0.39 is 29.5 Å². The maximum absolute atomic E-state index is 11.5. The van der Waals surface area contributed by atoms with Gasteiger partial charge in [0.25, 0.3) is 0 Å². The minimum absolute atomic E-state index is 0.0965. The Morgan fingerprint density at radius 1 is 1.47 bits per heavy atom. The molecular weight excluding hydrogens is 230 g/mol. The van der Waals surface area contributed by atoms with Gasteiger partial charge in [-0.3, -0.25) is 4.79 Å². The molecule has 17 heavy (non-hydrogen) atoms. The van der Waals surface area contributed by atoms with Crippen molar-refractivity contribution in [1.29, 1.82) is 0 Å². The van der Waals surface area contributed by atoms with Gasteiger partial charge in [0.05, 0.1) is 6.61 Å². The van der Waals surface area contributed by atoms with Crippen LogP contribution in [0, 0.1) is 0 Å². The number of hydrogen-bond acceptors (Lipinski definition) is 4. The number of carbonyl (C=O) groups excluding carboxylic acids is 2. The first kappa shape index (κ1) is 13.2. The number of carboxylic acids is 1. The van der Waals surface area contributed by atoms with Crippen LogP contribution in [0.3, 0.4) is 0 Å². The lowest BCUT2D eigenvalue weighted by Gasteiger charge is -2.24. The fraction of sp³-hybridized carbons (Fsp3) is 0.667. The van der Waals surface area contributed by atoms with Crippen molar-refractivity contribution in [3.05, 3.63) is 0 Å². The number of carbonyl (C=O) groups is 3. The van der Waals surface area contributed by atoms with Crippen LogP contribution in [0.5, 0.6) is 0 Å². The number of rotatable bonds is 4. The molecule has 8 nitrogen and oxygen atoms in total. The number of nitrogens with one attached hydrogen (secondary N) is 2. The summed E-state index contributed by atoms with van der Waals surface area (Å²) in [5.41, 5.74) is 3.53. The van der Waals surface area contributed by atoms with Gasteiger partial charge < -0.3 is 26.2 Å². The van der Waals surface area contributed by atoms with Gasteiger partial charge in [-0.1, -0.05) is 0 Å². The standard InChI is InChI=1S/C9H15N3O5/c1-5(6(10)13)11-8(16)12-9(7(14)15)2-3-17-4-9/h5H,2-4H2,1H3,(H2,10,13)(H,14,15)(H2,11,12,16). The molecule has 1 saturated heterocycles. The average molecular weight is 245 g/mol. The zero-order valence-corrected chi connectivity index (χ0v) is 9.36. The van der Waals surface area contributed by atoms with Crippen LogP contribution in [0.1, 0.15) is 13.3 Å². The fourth-order valence-corrected chi connectivity index (χ4v) is 1.41. The molecule has 0 radical (unpaired) electrons. The second kappa shape index (κ2) is 5.00. The molecule has 2 unspecified atom stereocenters. The molecular formula is C9H15N3O5. The van der Waals surface area contributed by atoms with Gasteiger partial charge >= 0.3 is 12.0 Å². The maximum Gasteiger partial charge on any atom is 0.332 e. The Morgan fingerprint density at radius 3 is 2.53 bits per heavy atom. The van der Waals surface area contributed by atoms with E-state index in [9.17, 15) is 14.4 Å². The van der Waals surface area contributed by atoms with Crippen LogP contribution in [0.4, 0.5) is 4.79 Å². The van der Waals surface area contributed by atoms with E-state index in [1.165, 1.54) is 6.92 Å². The predicted octanol–water partition coefficient (Wildman–Crippen LogP) is -1.60. The van der Waals surface area contributed by atoms with Crippen molar-refractivity contribution in [2.45, 2.75) is 24.9 Å². The number of carboxylic acid groups (broad SMARTS) is 1. The molecule has 1 heterocycles. The monoisotopic (exact) mass is 245 g/mol. The van der Waals surface area contributed by atoms with E-state index in [0.717, 1.165) is 0 Å². The Kier molecular flexibility index (Phi) is 3.89. The molecule has 0 aromatic rings. The van der Waals surface area contributed by atoms with Crippen LogP contribution < -0.4 is 16.4 Å². The van der Waals surface area contributed by atoms with Crippen LogP contribution in [-0.2, 0) is 14.3 Å². The first-order valence-corrected chi connectivity index (χ1v) is 5.06. The van der Waals surface area contributed by atoms with E-state index in [2.05, 4.69) is 10.6 Å². The predicted molar refractivity (Wildman–Crippen MR) is 56.1 cm³/mol. The van der Waals surface area contributed by atoms with Gasteiger partial charge in [0.2, 0.25) is 5.91 Å². The second-order valence-electron chi connectivity index (χ2n) is 3.91. The van der Waals surface area contributed by atoms with E-state index >= 15 is 0 Å². The van der Waals surface area contributed by atoms with Gasteiger partial charge in [-0.05, 0) is 6.92 Å². The number of nitrogens with two attached hydrogens (primary N) is 1. The van der Waals surface area contributed by atoms with E-state index in [0.29, 0.717) is 0 Å². The zero-order chi connectivity index (χ0) is 13.1. The molecule has 3 amide bonds. The number of aliphatic carboxylic acids is 1. The molecule has 5 N–H and O–H groups in total. The summed E-state index contributed by atoms with van der Waals surface area (Å²) < 4.78 is 4.96. The summed E-state index contributed by atoms with van der Waals surface area (Å²) in [6.07, 6.45) is 0.181. The molecule has 0 spiro atoms. The summed E-state index contributed by atoms with van der Waals surface area (Å²) in [6.45, 7) is 1.57. The van der Waals surface area contributed by atoms with Crippen molar-refractivity contribution in [2.24, 2.45) is 5.73 Å². The molecule has 0 aromatic carbocycles. The lowest BCUT2D eigenvalue weighted by molar-refractivity contribution is -0.144. The van der Waals surface area contributed by atoms with Crippen LogP contribution in [0.25, 0.3) is 0 Å². The first-order chi connectivity index (χ1) is 7.87. The van der Waals surface area contributed by atoms with Crippen molar-refractivity contribution in [3.8, 4) is 0 Å².